The predicted molar refractivity (Wildman–Crippen MR) is 100 cm³/mol. The van der Waals surface area contributed by atoms with Crippen molar-refractivity contribution in [3.8, 4) is 11.1 Å². The minimum atomic E-state index is -0.144. The van der Waals surface area contributed by atoms with Gasteiger partial charge in [0.1, 0.15) is 11.3 Å². The van der Waals surface area contributed by atoms with Crippen molar-refractivity contribution in [3.63, 3.8) is 0 Å². The summed E-state index contributed by atoms with van der Waals surface area (Å²) in [4.78, 5) is 20.5. The number of H-pyrrole nitrogens is 1. The maximum absolute atomic E-state index is 13.0. The van der Waals surface area contributed by atoms with Crippen molar-refractivity contribution in [1.29, 1.82) is 0 Å². The number of hydrogen-bond acceptors (Lipinski definition) is 4. The van der Waals surface area contributed by atoms with Crippen LogP contribution in [0.5, 0.6) is 0 Å². The highest BCUT2D eigenvalue weighted by Crippen LogP contribution is 2.28. The first-order valence-corrected chi connectivity index (χ1v) is 8.24. The van der Waals surface area contributed by atoms with Crippen LogP contribution < -0.4 is 5.73 Å². The molecule has 6 heteroatoms. The van der Waals surface area contributed by atoms with E-state index in [1.54, 1.807) is 30.2 Å². The normalized spacial score (nSPS) is 13.3. The standard InChI is InChI=1S/C20H15N5O/c1-25-14-7-17(21)12-4-2-3-11(5-12)13-6-15-16(10-23-20(15)22-9-13)19(26)18(8-14)24-25/h2-10H,21H2,1H3,(H,22,23). The summed E-state index contributed by atoms with van der Waals surface area (Å²) < 4.78 is 1.66. The second kappa shape index (κ2) is 5.16. The number of carbonyl (C=O) groups is 1. The highest BCUT2D eigenvalue weighted by atomic mass is 16.1. The molecule has 26 heavy (non-hydrogen) atoms. The summed E-state index contributed by atoms with van der Waals surface area (Å²) in [5.74, 6) is -0.144. The number of aromatic amines is 1. The lowest BCUT2D eigenvalue weighted by molar-refractivity contribution is 0.103. The molecule has 0 radical (unpaired) electrons. The second-order valence-corrected chi connectivity index (χ2v) is 6.41. The van der Waals surface area contributed by atoms with Crippen molar-refractivity contribution in [3.05, 3.63) is 71.3 Å². The number of aromatic nitrogens is 4. The Labute approximate surface area is 149 Å². The maximum Gasteiger partial charge on any atom is 0.215 e. The molecule has 1 aromatic carbocycles. The molecule has 0 saturated carbocycles. The van der Waals surface area contributed by atoms with E-state index in [4.69, 9.17) is 5.73 Å². The average molecular weight is 341 g/mol. The number of ketones is 1. The third-order valence-corrected chi connectivity index (χ3v) is 4.76. The minimum absolute atomic E-state index is 0.144. The number of hydrogen-bond donors (Lipinski definition) is 2. The fourth-order valence-corrected chi connectivity index (χ4v) is 3.34. The van der Waals surface area contributed by atoms with Crippen molar-refractivity contribution in [2.75, 3.05) is 0 Å². The van der Waals surface area contributed by atoms with Gasteiger partial charge in [-0.25, -0.2) is 4.98 Å². The monoisotopic (exact) mass is 341 g/mol. The topological polar surface area (TPSA) is 89.6 Å². The first kappa shape index (κ1) is 14.7. The minimum Gasteiger partial charge on any atom is -0.398 e. The Bertz CT molecular complexity index is 1230. The van der Waals surface area contributed by atoms with Crippen LogP contribution in [0.1, 0.15) is 27.3 Å². The van der Waals surface area contributed by atoms with Crippen molar-refractivity contribution >= 4 is 28.6 Å². The zero-order chi connectivity index (χ0) is 17.8. The number of nitrogens with one attached hydrogen (secondary N) is 1. The molecular weight excluding hydrogens is 326 g/mol. The lowest BCUT2D eigenvalue weighted by Gasteiger charge is -2.07. The van der Waals surface area contributed by atoms with Gasteiger partial charge in [0, 0.05) is 36.1 Å². The molecule has 3 N–H and O–H groups in total. The predicted octanol–water partition coefficient (Wildman–Crippen LogP) is 2.96. The molecule has 5 rings (SSSR count). The Hall–Kier alpha value is -3.67. The SMILES string of the molecule is Cn1nc2cc1C=C(N)c1cccc(c1)-c1cnc3[nH]cc(c3c1)C2=O. The number of fused-ring (bicyclic) bond motifs is 6. The third kappa shape index (κ3) is 2.09. The molecule has 0 atom stereocenters. The molecular formula is C20H15N5O. The first-order valence-electron chi connectivity index (χ1n) is 8.24. The van der Waals surface area contributed by atoms with Crippen LogP contribution in [-0.4, -0.2) is 25.5 Å². The third-order valence-electron chi connectivity index (χ3n) is 4.76. The van der Waals surface area contributed by atoms with E-state index in [9.17, 15) is 4.79 Å². The lowest BCUT2D eigenvalue weighted by Crippen LogP contribution is -2.03. The van der Waals surface area contributed by atoms with E-state index in [1.807, 2.05) is 36.4 Å². The van der Waals surface area contributed by atoms with Gasteiger partial charge in [0.05, 0.1) is 11.3 Å². The highest BCUT2D eigenvalue weighted by Gasteiger charge is 2.20. The number of benzene rings is 1. The van der Waals surface area contributed by atoms with E-state index in [-0.39, 0.29) is 5.78 Å². The summed E-state index contributed by atoms with van der Waals surface area (Å²) in [5, 5.41) is 5.15. The van der Waals surface area contributed by atoms with Gasteiger partial charge in [0.2, 0.25) is 5.78 Å². The molecule has 3 aromatic heterocycles. The van der Waals surface area contributed by atoms with Gasteiger partial charge < -0.3 is 10.7 Å². The fourth-order valence-electron chi connectivity index (χ4n) is 3.34. The van der Waals surface area contributed by atoms with Crippen LogP contribution in [0.15, 0.2) is 48.8 Å². The van der Waals surface area contributed by atoms with E-state index in [2.05, 4.69) is 15.1 Å². The van der Waals surface area contributed by atoms with Gasteiger partial charge in [-0.15, -0.1) is 0 Å². The van der Waals surface area contributed by atoms with Crippen LogP contribution >= 0.6 is 0 Å². The number of nitrogens with zero attached hydrogens (tertiary/aromatic N) is 3. The summed E-state index contributed by atoms with van der Waals surface area (Å²) in [6, 6.07) is 11.7. The number of carbonyl (C=O) groups excluding carboxylic acids is 1. The largest absolute Gasteiger partial charge is 0.398 e. The van der Waals surface area contributed by atoms with Crippen molar-refractivity contribution in [2.24, 2.45) is 12.8 Å². The molecule has 0 unspecified atom stereocenters. The number of nitrogens with two attached hydrogens (primary N) is 1. The lowest BCUT2D eigenvalue weighted by atomic mass is 10.0. The highest BCUT2D eigenvalue weighted by molar-refractivity contribution is 6.15. The fraction of sp³-hybridized carbons (Fsp3) is 0.0500. The van der Waals surface area contributed by atoms with Crippen molar-refractivity contribution in [1.82, 2.24) is 19.7 Å². The Balaban J connectivity index is 1.88. The summed E-state index contributed by atoms with van der Waals surface area (Å²) in [6.45, 7) is 0. The van der Waals surface area contributed by atoms with E-state index < -0.39 is 0 Å². The second-order valence-electron chi connectivity index (χ2n) is 6.41. The van der Waals surface area contributed by atoms with Crippen molar-refractivity contribution in [2.45, 2.75) is 0 Å². The molecule has 0 fully saturated rings. The molecule has 0 saturated heterocycles. The van der Waals surface area contributed by atoms with Gasteiger partial charge in [-0.05, 0) is 35.4 Å². The smallest absolute Gasteiger partial charge is 0.215 e. The quantitative estimate of drug-likeness (QED) is 0.514. The number of rotatable bonds is 0. The molecule has 1 aliphatic carbocycles. The molecule has 4 aromatic rings. The van der Waals surface area contributed by atoms with Crippen LogP contribution in [0.25, 0.3) is 33.9 Å². The average Bonchev–Trinajstić information content (AvgIpc) is 3.24. The van der Waals surface area contributed by atoms with Crippen molar-refractivity contribution < 1.29 is 4.79 Å². The van der Waals surface area contributed by atoms with E-state index in [0.29, 0.717) is 22.6 Å². The van der Waals surface area contributed by atoms with Crippen LogP contribution in [0.3, 0.4) is 0 Å². The van der Waals surface area contributed by atoms with Gasteiger partial charge in [0.25, 0.3) is 0 Å². The zero-order valence-electron chi connectivity index (χ0n) is 14.0. The van der Waals surface area contributed by atoms with Crippen LogP contribution in [0.2, 0.25) is 0 Å². The number of pyridine rings is 1. The van der Waals surface area contributed by atoms with E-state index in [1.165, 1.54) is 0 Å². The van der Waals surface area contributed by atoms with E-state index in [0.717, 1.165) is 27.8 Å². The number of aryl methyl sites for hydroxylation is 1. The Morgan fingerprint density at radius 2 is 1.96 bits per heavy atom. The van der Waals surface area contributed by atoms with E-state index >= 15 is 0 Å². The van der Waals surface area contributed by atoms with Gasteiger partial charge in [-0.1, -0.05) is 18.2 Å². The van der Waals surface area contributed by atoms with Crippen LogP contribution in [-0.2, 0) is 7.05 Å². The van der Waals surface area contributed by atoms with Gasteiger partial charge in [-0.3, -0.25) is 9.48 Å². The Morgan fingerprint density at radius 3 is 2.85 bits per heavy atom. The summed E-state index contributed by atoms with van der Waals surface area (Å²) in [7, 11) is 1.80. The maximum atomic E-state index is 13.0. The summed E-state index contributed by atoms with van der Waals surface area (Å²) >= 11 is 0. The molecule has 6 bridgehead atoms. The van der Waals surface area contributed by atoms with Crippen LogP contribution in [0.4, 0.5) is 0 Å². The summed E-state index contributed by atoms with van der Waals surface area (Å²) in [6.07, 6.45) is 5.32. The Kier molecular flexibility index (Phi) is 2.91. The zero-order valence-corrected chi connectivity index (χ0v) is 14.0. The molecule has 1 aliphatic rings. The Morgan fingerprint density at radius 1 is 1.12 bits per heavy atom. The van der Waals surface area contributed by atoms with Gasteiger partial charge in [0.15, 0.2) is 0 Å². The molecule has 126 valence electrons. The first-order chi connectivity index (χ1) is 12.6. The van der Waals surface area contributed by atoms with Gasteiger partial charge >= 0.3 is 0 Å². The van der Waals surface area contributed by atoms with Crippen LogP contribution in [0, 0.1) is 0 Å². The molecule has 3 heterocycles. The molecule has 0 spiro atoms. The molecule has 0 aliphatic heterocycles. The molecule has 6 nitrogen and oxygen atoms in total. The summed E-state index contributed by atoms with van der Waals surface area (Å²) in [5.41, 5.74) is 12.1. The molecule has 0 amide bonds. The van der Waals surface area contributed by atoms with Gasteiger partial charge in [-0.2, -0.15) is 5.10 Å².